The predicted molar refractivity (Wildman–Crippen MR) is 121 cm³/mol. The van der Waals surface area contributed by atoms with Crippen LogP contribution in [0.1, 0.15) is 76.7 Å². The average Bonchev–Trinajstić information content (AvgIpc) is 2.80. The van der Waals surface area contributed by atoms with E-state index >= 15 is 0 Å². The van der Waals surface area contributed by atoms with Crippen LogP contribution in [0.25, 0.3) is 0 Å². The van der Waals surface area contributed by atoms with Crippen LogP contribution < -0.4 is 5.32 Å². The number of carbonyl (C=O) groups excluding carboxylic acids is 2. The first-order valence-electron chi connectivity index (χ1n) is 12.0. The molecule has 1 aromatic carbocycles. The molecule has 1 N–H and O–H groups in total. The monoisotopic (exact) mass is 411 g/mol. The van der Waals surface area contributed by atoms with Crippen LogP contribution in [0.4, 0.5) is 5.69 Å². The highest BCUT2D eigenvalue weighted by atomic mass is 16.2. The lowest BCUT2D eigenvalue weighted by molar-refractivity contribution is -0.140. The van der Waals surface area contributed by atoms with E-state index in [0.717, 1.165) is 62.9 Å². The van der Waals surface area contributed by atoms with Crippen molar-refractivity contribution >= 4 is 17.5 Å². The molecule has 1 saturated carbocycles. The quantitative estimate of drug-likeness (QED) is 0.803. The number of benzene rings is 1. The zero-order chi connectivity index (χ0) is 21.0. The third kappa shape index (κ3) is 4.56. The van der Waals surface area contributed by atoms with Crippen molar-refractivity contribution in [2.24, 2.45) is 0 Å². The Balaban J connectivity index is 1.47. The van der Waals surface area contributed by atoms with Crippen molar-refractivity contribution in [3.05, 3.63) is 29.8 Å². The number of hydrogen-bond acceptors (Lipinski definition) is 3. The van der Waals surface area contributed by atoms with Gasteiger partial charge in [0.2, 0.25) is 11.8 Å². The largest absolute Gasteiger partial charge is 0.342 e. The lowest BCUT2D eigenvalue weighted by Gasteiger charge is -2.44. The van der Waals surface area contributed by atoms with Gasteiger partial charge in [0, 0.05) is 31.7 Å². The molecular formula is C25H37N3O2. The van der Waals surface area contributed by atoms with Gasteiger partial charge in [0.25, 0.3) is 0 Å². The lowest BCUT2D eigenvalue weighted by Crippen LogP contribution is -2.53. The van der Waals surface area contributed by atoms with Crippen molar-refractivity contribution in [1.82, 2.24) is 9.80 Å². The van der Waals surface area contributed by atoms with Crippen LogP contribution >= 0.6 is 0 Å². The van der Waals surface area contributed by atoms with Crippen molar-refractivity contribution in [3.8, 4) is 0 Å². The van der Waals surface area contributed by atoms with Crippen LogP contribution in [0.2, 0.25) is 0 Å². The molecule has 30 heavy (non-hydrogen) atoms. The topological polar surface area (TPSA) is 52.7 Å². The normalized spacial score (nSPS) is 23.2. The summed E-state index contributed by atoms with van der Waals surface area (Å²) in [6, 6.07) is 8.68. The fraction of sp³-hybridized carbons (Fsp3) is 0.680. The zero-order valence-corrected chi connectivity index (χ0v) is 18.5. The summed E-state index contributed by atoms with van der Waals surface area (Å²) in [4.78, 5) is 30.0. The second-order valence-corrected chi connectivity index (χ2v) is 9.52. The summed E-state index contributed by atoms with van der Waals surface area (Å²) in [6.45, 7) is 5.79. The van der Waals surface area contributed by atoms with Crippen LogP contribution in [-0.4, -0.2) is 53.8 Å². The summed E-state index contributed by atoms with van der Waals surface area (Å²) < 4.78 is 0. The molecular weight excluding hydrogens is 374 g/mol. The second kappa shape index (κ2) is 9.51. The van der Waals surface area contributed by atoms with Gasteiger partial charge in [-0.25, -0.2) is 0 Å². The Bertz CT molecular complexity index is 725. The molecule has 0 atom stereocenters. The summed E-state index contributed by atoms with van der Waals surface area (Å²) in [5.41, 5.74) is 1.54. The standard InChI is InChI=1S/C25H37N3O2/c1-20(29)26-22-10-8-21(9-11-22)25(14-4-2-5-15-25)24(30)28-18-12-23(13-19-28)27-16-6-3-7-17-27/h8-11,23H,2-7,12-19H2,1H3,(H,26,29). The van der Waals surface area contributed by atoms with Gasteiger partial charge in [-0.3, -0.25) is 9.59 Å². The third-order valence-corrected chi connectivity index (χ3v) is 7.53. The van der Waals surface area contributed by atoms with Gasteiger partial charge in [-0.05, 0) is 69.3 Å². The van der Waals surface area contributed by atoms with E-state index in [1.165, 1.54) is 45.7 Å². The van der Waals surface area contributed by atoms with E-state index in [4.69, 9.17) is 0 Å². The minimum absolute atomic E-state index is 0.0669. The molecule has 5 heteroatoms. The molecule has 0 unspecified atom stereocenters. The smallest absolute Gasteiger partial charge is 0.233 e. The molecule has 2 heterocycles. The van der Waals surface area contributed by atoms with Crippen LogP contribution in [0, 0.1) is 0 Å². The number of nitrogens with one attached hydrogen (secondary N) is 1. The summed E-state index contributed by atoms with van der Waals surface area (Å²) in [6.07, 6.45) is 11.6. The van der Waals surface area contributed by atoms with Gasteiger partial charge in [0.1, 0.15) is 0 Å². The van der Waals surface area contributed by atoms with Crippen LogP contribution in [0.5, 0.6) is 0 Å². The Morgan fingerprint density at radius 3 is 2.07 bits per heavy atom. The summed E-state index contributed by atoms with van der Waals surface area (Å²) in [5.74, 6) is 0.273. The van der Waals surface area contributed by atoms with E-state index in [0.29, 0.717) is 11.9 Å². The van der Waals surface area contributed by atoms with Crippen LogP contribution in [0.15, 0.2) is 24.3 Å². The first kappa shape index (κ1) is 21.4. The Labute approximate surface area is 181 Å². The molecule has 164 valence electrons. The maximum absolute atomic E-state index is 13.9. The Morgan fingerprint density at radius 1 is 0.867 bits per heavy atom. The van der Waals surface area contributed by atoms with Crippen molar-refractivity contribution in [2.75, 3.05) is 31.5 Å². The maximum Gasteiger partial charge on any atom is 0.233 e. The van der Waals surface area contributed by atoms with Crippen molar-refractivity contribution < 1.29 is 9.59 Å². The Hall–Kier alpha value is -1.88. The van der Waals surface area contributed by atoms with E-state index in [9.17, 15) is 9.59 Å². The van der Waals surface area contributed by atoms with Crippen molar-refractivity contribution in [3.63, 3.8) is 0 Å². The minimum Gasteiger partial charge on any atom is -0.342 e. The molecule has 3 aliphatic rings. The molecule has 1 aliphatic carbocycles. The summed E-state index contributed by atoms with van der Waals surface area (Å²) in [5, 5.41) is 2.84. The molecule has 0 spiro atoms. The molecule has 4 rings (SSSR count). The number of amides is 2. The molecule has 0 aromatic heterocycles. The van der Waals surface area contributed by atoms with Crippen LogP contribution in [0.3, 0.4) is 0 Å². The fourth-order valence-electron chi connectivity index (χ4n) is 5.88. The van der Waals surface area contributed by atoms with Crippen LogP contribution in [-0.2, 0) is 15.0 Å². The maximum atomic E-state index is 13.9. The number of piperidine rings is 2. The Kier molecular flexibility index (Phi) is 6.77. The van der Waals surface area contributed by atoms with E-state index in [1.54, 1.807) is 0 Å². The zero-order valence-electron chi connectivity index (χ0n) is 18.5. The first-order chi connectivity index (χ1) is 14.6. The van der Waals surface area contributed by atoms with E-state index in [-0.39, 0.29) is 11.3 Å². The first-order valence-corrected chi connectivity index (χ1v) is 12.0. The molecule has 1 aromatic rings. The SMILES string of the molecule is CC(=O)Nc1ccc(C2(C(=O)N3CCC(N4CCCCC4)CC3)CCCCC2)cc1. The summed E-state index contributed by atoms with van der Waals surface area (Å²) >= 11 is 0. The van der Waals surface area contributed by atoms with E-state index in [2.05, 4.69) is 27.2 Å². The molecule has 0 radical (unpaired) electrons. The fourth-order valence-corrected chi connectivity index (χ4v) is 5.88. The predicted octanol–water partition coefficient (Wildman–Crippen LogP) is 4.32. The lowest BCUT2D eigenvalue weighted by atomic mass is 9.68. The highest BCUT2D eigenvalue weighted by Crippen LogP contribution is 2.42. The molecule has 2 saturated heterocycles. The molecule has 2 aliphatic heterocycles. The number of anilines is 1. The third-order valence-electron chi connectivity index (χ3n) is 7.53. The van der Waals surface area contributed by atoms with E-state index in [1.807, 2.05) is 12.1 Å². The number of carbonyl (C=O) groups is 2. The van der Waals surface area contributed by atoms with Gasteiger partial charge in [0.15, 0.2) is 0 Å². The Morgan fingerprint density at radius 2 is 1.47 bits per heavy atom. The van der Waals surface area contributed by atoms with Gasteiger partial charge in [-0.15, -0.1) is 0 Å². The highest BCUT2D eigenvalue weighted by Gasteiger charge is 2.44. The molecule has 3 fully saturated rings. The van der Waals surface area contributed by atoms with Crippen molar-refractivity contribution in [1.29, 1.82) is 0 Å². The number of rotatable bonds is 4. The van der Waals surface area contributed by atoms with Gasteiger partial charge >= 0.3 is 0 Å². The number of hydrogen-bond donors (Lipinski definition) is 1. The highest BCUT2D eigenvalue weighted by molar-refractivity contribution is 5.90. The molecule has 2 amide bonds. The second-order valence-electron chi connectivity index (χ2n) is 9.52. The molecule has 0 bridgehead atoms. The van der Waals surface area contributed by atoms with Gasteiger partial charge < -0.3 is 15.1 Å². The van der Waals surface area contributed by atoms with Gasteiger partial charge in [-0.2, -0.15) is 0 Å². The molecule has 5 nitrogen and oxygen atoms in total. The number of likely N-dealkylation sites (tertiary alicyclic amines) is 2. The minimum atomic E-state index is -0.384. The van der Waals surface area contributed by atoms with Gasteiger partial charge in [-0.1, -0.05) is 37.8 Å². The average molecular weight is 412 g/mol. The van der Waals surface area contributed by atoms with E-state index < -0.39 is 0 Å². The number of nitrogens with zero attached hydrogens (tertiary/aromatic N) is 2. The van der Waals surface area contributed by atoms with Gasteiger partial charge in [0.05, 0.1) is 5.41 Å². The summed E-state index contributed by atoms with van der Waals surface area (Å²) in [7, 11) is 0. The van der Waals surface area contributed by atoms with Crippen molar-refractivity contribution in [2.45, 2.75) is 82.6 Å².